The van der Waals surface area contributed by atoms with Gasteiger partial charge in [0.05, 0.1) is 0 Å². The van der Waals surface area contributed by atoms with Gasteiger partial charge >= 0.3 is 0 Å². The number of aliphatic hydroxyl groups is 1. The molecule has 0 fully saturated rings. The number of nitrogens with one attached hydrogen (secondary N) is 1. The Labute approximate surface area is 121 Å². The second kappa shape index (κ2) is 8.69. The number of hydrogen-bond donors (Lipinski definition) is 2. The molecule has 0 bridgehead atoms. The number of carbonyl (C=O) groups is 1. The predicted octanol–water partition coefficient (Wildman–Crippen LogP) is 2.42. The second-order valence-electron chi connectivity index (χ2n) is 5.60. The van der Waals surface area contributed by atoms with Crippen molar-refractivity contribution in [2.24, 2.45) is 11.8 Å². The van der Waals surface area contributed by atoms with Gasteiger partial charge in [-0.15, -0.1) is 0 Å². The molecule has 0 aliphatic heterocycles. The number of carbonyl (C=O) groups excluding carboxylic acids is 1. The molecule has 1 aromatic rings. The largest absolute Gasteiger partial charge is 0.396 e. The molecule has 0 aromatic carbocycles. The van der Waals surface area contributed by atoms with E-state index in [4.69, 9.17) is 5.11 Å². The Morgan fingerprint density at radius 3 is 2.80 bits per heavy atom. The van der Waals surface area contributed by atoms with E-state index in [0.29, 0.717) is 23.9 Å². The highest BCUT2D eigenvalue weighted by Crippen LogP contribution is 2.15. The van der Waals surface area contributed by atoms with Gasteiger partial charge in [0, 0.05) is 31.1 Å². The zero-order valence-electron chi connectivity index (χ0n) is 12.7. The SMILES string of the molecule is CCc1cnccc1C(=O)NCC(CCO)CC(C)C. The summed E-state index contributed by atoms with van der Waals surface area (Å²) in [5.74, 6) is 0.849. The van der Waals surface area contributed by atoms with Gasteiger partial charge in [0.2, 0.25) is 0 Å². The van der Waals surface area contributed by atoms with Crippen LogP contribution in [0.15, 0.2) is 18.5 Å². The fourth-order valence-electron chi connectivity index (χ4n) is 2.42. The van der Waals surface area contributed by atoms with Crippen LogP contribution < -0.4 is 5.32 Å². The fourth-order valence-corrected chi connectivity index (χ4v) is 2.42. The van der Waals surface area contributed by atoms with Crippen LogP contribution in [0.2, 0.25) is 0 Å². The minimum atomic E-state index is -0.0454. The van der Waals surface area contributed by atoms with E-state index in [-0.39, 0.29) is 12.5 Å². The predicted molar refractivity (Wildman–Crippen MR) is 80.6 cm³/mol. The number of nitrogens with zero attached hydrogens (tertiary/aromatic N) is 1. The molecule has 0 spiro atoms. The van der Waals surface area contributed by atoms with E-state index in [2.05, 4.69) is 24.1 Å². The van der Waals surface area contributed by atoms with Crippen molar-refractivity contribution in [2.45, 2.75) is 40.0 Å². The van der Waals surface area contributed by atoms with Crippen LogP contribution in [-0.2, 0) is 6.42 Å². The molecule has 1 atom stereocenters. The molecule has 4 nitrogen and oxygen atoms in total. The van der Waals surface area contributed by atoms with Crippen LogP contribution in [0.5, 0.6) is 0 Å². The highest BCUT2D eigenvalue weighted by molar-refractivity contribution is 5.95. The Bertz CT molecular complexity index is 419. The summed E-state index contributed by atoms with van der Waals surface area (Å²) in [4.78, 5) is 16.3. The molecular weight excluding hydrogens is 252 g/mol. The number of rotatable bonds is 8. The van der Waals surface area contributed by atoms with Crippen molar-refractivity contribution < 1.29 is 9.90 Å². The maximum Gasteiger partial charge on any atom is 0.251 e. The average Bonchev–Trinajstić information content (AvgIpc) is 2.44. The van der Waals surface area contributed by atoms with Crippen LogP contribution in [0.1, 0.15) is 49.5 Å². The third-order valence-corrected chi connectivity index (χ3v) is 3.42. The summed E-state index contributed by atoms with van der Waals surface area (Å²) < 4.78 is 0. The zero-order valence-corrected chi connectivity index (χ0v) is 12.7. The summed E-state index contributed by atoms with van der Waals surface area (Å²) in [7, 11) is 0. The lowest BCUT2D eigenvalue weighted by atomic mass is 9.94. The number of aliphatic hydroxyl groups excluding tert-OH is 1. The molecule has 4 heteroatoms. The standard InChI is InChI=1S/C16H26N2O2/c1-4-14-11-17-7-5-15(14)16(20)18-10-13(6-8-19)9-12(2)3/h5,7,11-13,19H,4,6,8-10H2,1-3H3,(H,18,20). The van der Waals surface area contributed by atoms with Crippen molar-refractivity contribution in [3.8, 4) is 0 Å². The van der Waals surface area contributed by atoms with Crippen molar-refractivity contribution in [3.63, 3.8) is 0 Å². The summed E-state index contributed by atoms with van der Waals surface area (Å²) in [6, 6.07) is 1.76. The van der Waals surface area contributed by atoms with Gasteiger partial charge in [-0.2, -0.15) is 0 Å². The molecular formula is C16H26N2O2. The summed E-state index contributed by atoms with van der Waals surface area (Å²) in [5.41, 5.74) is 1.67. The Kier molecular flexibility index (Phi) is 7.23. The molecule has 1 unspecified atom stereocenters. The lowest BCUT2D eigenvalue weighted by Gasteiger charge is -2.19. The number of hydrogen-bond acceptors (Lipinski definition) is 3. The van der Waals surface area contributed by atoms with Gasteiger partial charge in [0.1, 0.15) is 0 Å². The van der Waals surface area contributed by atoms with Crippen LogP contribution in [0.4, 0.5) is 0 Å². The first-order chi connectivity index (χ1) is 9.58. The molecule has 0 saturated heterocycles. The molecule has 20 heavy (non-hydrogen) atoms. The first kappa shape index (κ1) is 16.6. The van der Waals surface area contributed by atoms with Crippen LogP contribution in [0.25, 0.3) is 0 Å². The Morgan fingerprint density at radius 1 is 1.45 bits per heavy atom. The van der Waals surface area contributed by atoms with E-state index >= 15 is 0 Å². The average molecular weight is 278 g/mol. The van der Waals surface area contributed by atoms with E-state index in [1.807, 2.05) is 6.92 Å². The van der Waals surface area contributed by atoms with Crippen LogP contribution in [0, 0.1) is 11.8 Å². The molecule has 1 amide bonds. The molecule has 112 valence electrons. The van der Waals surface area contributed by atoms with Crippen LogP contribution >= 0.6 is 0 Å². The molecule has 1 aromatic heterocycles. The van der Waals surface area contributed by atoms with E-state index in [0.717, 1.165) is 24.8 Å². The smallest absolute Gasteiger partial charge is 0.251 e. The van der Waals surface area contributed by atoms with Crippen molar-refractivity contribution in [2.75, 3.05) is 13.2 Å². The second-order valence-corrected chi connectivity index (χ2v) is 5.60. The van der Waals surface area contributed by atoms with Gasteiger partial charge in [-0.25, -0.2) is 0 Å². The summed E-state index contributed by atoms with van der Waals surface area (Å²) in [6.07, 6.45) is 5.93. The fraction of sp³-hybridized carbons (Fsp3) is 0.625. The zero-order chi connectivity index (χ0) is 15.0. The van der Waals surface area contributed by atoms with Gasteiger partial charge < -0.3 is 10.4 Å². The Morgan fingerprint density at radius 2 is 2.20 bits per heavy atom. The minimum Gasteiger partial charge on any atom is -0.396 e. The molecule has 1 heterocycles. The highest BCUT2D eigenvalue weighted by atomic mass is 16.3. The Balaban J connectivity index is 2.60. The van der Waals surface area contributed by atoms with Crippen molar-refractivity contribution >= 4 is 5.91 Å². The molecule has 0 aliphatic rings. The van der Waals surface area contributed by atoms with Crippen molar-refractivity contribution in [1.82, 2.24) is 10.3 Å². The van der Waals surface area contributed by atoms with Gasteiger partial charge in [-0.1, -0.05) is 20.8 Å². The van der Waals surface area contributed by atoms with Crippen molar-refractivity contribution in [3.05, 3.63) is 29.6 Å². The van der Waals surface area contributed by atoms with E-state index in [1.54, 1.807) is 18.5 Å². The lowest BCUT2D eigenvalue weighted by molar-refractivity contribution is 0.0940. The number of pyridine rings is 1. The maximum absolute atomic E-state index is 12.2. The van der Waals surface area contributed by atoms with E-state index in [1.165, 1.54) is 0 Å². The topological polar surface area (TPSA) is 62.2 Å². The van der Waals surface area contributed by atoms with Gasteiger partial charge in [0.15, 0.2) is 0 Å². The lowest BCUT2D eigenvalue weighted by Crippen LogP contribution is -2.31. The summed E-state index contributed by atoms with van der Waals surface area (Å²) in [6.45, 7) is 7.11. The third kappa shape index (κ3) is 5.29. The van der Waals surface area contributed by atoms with E-state index in [9.17, 15) is 4.79 Å². The molecule has 2 N–H and O–H groups in total. The number of amides is 1. The van der Waals surface area contributed by atoms with Gasteiger partial charge in [0.25, 0.3) is 5.91 Å². The minimum absolute atomic E-state index is 0.0454. The highest BCUT2D eigenvalue weighted by Gasteiger charge is 2.14. The van der Waals surface area contributed by atoms with Gasteiger partial charge in [-0.05, 0) is 42.7 Å². The molecule has 1 rings (SSSR count). The van der Waals surface area contributed by atoms with Gasteiger partial charge in [-0.3, -0.25) is 9.78 Å². The summed E-state index contributed by atoms with van der Waals surface area (Å²) in [5, 5.41) is 12.1. The molecule has 0 saturated carbocycles. The summed E-state index contributed by atoms with van der Waals surface area (Å²) >= 11 is 0. The molecule has 0 aliphatic carbocycles. The Hall–Kier alpha value is -1.42. The third-order valence-electron chi connectivity index (χ3n) is 3.42. The van der Waals surface area contributed by atoms with E-state index < -0.39 is 0 Å². The number of aromatic nitrogens is 1. The molecule has 0 radical (unpaired) electrons. The quantitative estimate of drug-likeness (QED) is 0.767. The van der Waals surface area contributed by atoms with Crippen molar-refractivity contribution in [1.29, 1.82) is 0 Å². The maximum atomic E-state index is 12.2. The number of aryl methyl sites for hydroxylation is 1. The van der Waals surface area contributed by atoms with Crippen LogP contribution in [0.3, 0.4) is 0 Å². The monoisotopic (exact) mass is 278 g/mol. The normalized spacial score (nSPS) is 12.4. The van der Waals surface area contributed by atoms with Crippen LogP contribution in [-0.4, -0.2) is 29.1 Å². The first-order valence-corrected chi connectivity index (χ1v) is 7.40. The first-order valence-electron chi connectivity index (χ1n) is 7.40.